The minimum Gasteiger partial charge on any atom is -0.384 e. The van der Waals surface area contributed by atoms with Crippen molar-refractivity contribution in [3.05, 3.63) is 30.1 Å². The zero-order valence-electron chi connectivity index (χ0n) is 10.9. The SMILES string of the molecule is CCCCN(CC)CCNc1cccc(F)c1. The van der Waals surface area contributed by atoms with Gasteiger partial charge in [0.2, 0.25) is 0 Å². The van der Waals surface area contributed by atoms with Crippen molar-refractivity contribution in [2.45, 2.75) is 26.7 Å². The van der Waals surface area contributed by atoms with E-state index in [9.17, 15) is 4.39 Å². The van der Waals surface area contributed by atoms with E-state index in [1.165, 1.54) is 25.0 Å². The first-order chi connectivity index (χ1) is 8.26. The van der Waals surface area contributed by atoms with Crippen molar-refractivity contribution in [2.24, 2.45) is 0 Å². The monoisotopic (exact) mass is 238 g/mol. The van der Waals surface area contributed by atoms with Gasteiger partial charge >= 0.3 is 0 Å². The summed E-state index contributed by atoms with van der Waals surface area (Å²) in [5, 5.41) is 3.25. The fraction of sp³-hybridized carbons (Fsp3) is 0.571. The summed E-state index contributed by atoms with van der Waals surface area (Å²) in [5.41, 5.74) is 0.858. The zero-order valence-corrected chi connectivity index (χ0v) is 10.9. The molecule has 17 heavy (non-hydrogen) atoms. The van der Waals surface area contributed by atoms with Gasteiger partial charge in [0.15, 0.2) is 0 Å². The van der Waals surface area contributed by atoms with Crippen LogP contribution in [0.15, 0.2) is 24.3 Å². The number of benzene rings is 1. The molecule has 0 radical (unpaired) electrons. The lowest BCUT2D eigenvalue weighted by Gasteiger charge is -2.20. The molecule has 2 nitrogen and oxygen atoms in total. The van der Waals surface area contributed by atoms with Crippen LogP contribution < -0.4 is 5.32 Å². The first-order valence-electron chi connectivity index (χ1n) is 6.48. The van der Waals surface area contributed by atoms with Crippen LogP contribution in [-0.2, 0) is 0 Å². The van der Waals surface area contributed by atoms with Crippen LogP contribution in [0.4, 0.5) is 10.1 Å². The first-order valence-corrected chi connectivity index (χ1v) is 6.48. The topological polar surface area (TPSA) is 15.3 Å². The number of likely N-dealkylation sites (N-methyl/N-ethyl adjacent to an activating group) is 1. The van der Waals surface area contributed by atoms with Gasteiger partial charge in [-0.2, -0.15) is 0 Å². The molecule has 0 amide bonds. The summed E-state index contributed by atoms with van der Waals surface area (Å²) in [4.78, 5) is 2.41. The summed E-state index contributed by atoms with van der Waals surface area (Å²) in [7, 11) is 0. The summed E-state index contributed by atoms with van der Waals surface area (Å²) in [6.07, 6.45) is 2.47. The van der Waals surface area contributed by atoms with Crippen LogP contribution in [0.25, 0.3) is 0 Å². The molecule has 0 fully saturated rings. The van der Waals surface area contributed by atoms with E-state index in [1.54, 1.807) is 6.07 Å². The maximum atomic E-state index is 12.9. The Morgan fingerprint density at radius 3 is 2.71 bits per heavy atom. The molecule has 1 aromatic rings. The van der Waals surface area contributed by atoms with E-state index in [0.717, 1.165) is 31.9 Å². The molecular formula is C14H23FN2. The summed E-state index contributed by atoms with van der Waals surface area (Å²) in [5.74, 6) is -0.187. The molecule has 3 heteroatoms. The smallest absolute Gasteiger partial charge is 0.125 e. The highest BCUT2D eigenvalue weighted by molar-refractivity contribution is 5.42. The fourth-order valence-corrected chi connectivity index (χ4v) is 1.77. The minimum atomic E-state index is -0.187. The predicted molar refractivity (Wildman–Crippen MR) is 71.9 cm³/mol. The van der Waals surface area contributed by atoms with E-state index in [-0.39, 0.29) is 5.82 Å². The number of hydrogen-bond acceptors (Lipinski definition) is 2. The molecule has 0 aromatic heterocycles. The second kappa shape index (κ2) is 8.07. The second-order valence-electron chi connectivity index (χ2n) is 4.22. The highest BCUT2D eigenvalue weighted by Gasteiger charge is 2.01. The van der Waals surface area contributed by atoms with Gasteiger partial charge in [-0.15, -0.1) is 0 Å². The molecule has 96 valence electrons. The maximum Gasteiger partial charge on any atom is 0.125 e. The molecule has 0 saturated carbocycles. The maximum absolute atomic E-state index is 12.9. The summed E-state index contributed by atoms with van der Waals surface area (Å²) < 4.78 is 12.9. The Kier molecular flexibility index (Phi) is 6.63. The molecule has 0 bridgehead atoms. The third-order valence-corrected chi connectivity index (χ3v) is 2.86. The van der Waals surface area contributed by atoms with Crippen LogP contribution in [0, 0.1) is 5.82 Å². The van der Waals surface area contributed by atoms with Crippen LogP contribution in [0.5, 0.6) is 0 Å². The van der Waals surface area contributed by atoms with Crippen LogP contribution in [0.1, 0.15) is 26.7 Å². The number of hydrogen-bond donors (Lipinski definition) is 1. The van der Waals surface area contributed by atoms with Crippen LogP contribution in [0.3, 0.4) is 0 Å². The predicted octanol–water partition coefficient (Wildman–Crippen LogP) is 3.36. The molecular weight excluding hydrogens is 215 g/mol. The van der Waals surface area contributed by atoms with Crippen molar-refractivity contribution >= 4 is 5.69 Å². The Balaban J connectivity index is 2.26. The fourth-order valence-electron chi connectivity index (χ4n) is 1.77. The highest BCUT2D eigenvalue weighted by atomic mass is 19.1. The minimum absolute atomic E-state index is 0.187. The quantitative estimate of drug-likeness (QED) is 0.747. The Bertz CT molecular complexity index is 315. The summed E-state index contributed by atoms with van der Waals surface area (Å²) >= 11 is 0. The lowest BCUT2D eigenvalue weighted by atomic mass is 10.3. The Hall–Kier alpha value is -1.09. The number of nitrogens with one attached hydrogen (secondary N) is 1. The van der Waals surface area contributed by atoms with E-state index in [2.05, 4.69) is 24.1 Å². The standard InChI is InChI=1S/C14H23FN2/c1-3-5-10-17(4-2)11-9-16-14-8-6-7-13(15)12-14/h6-8,12,16H,3-5,9-11H2,1-2H3. The Labute approximate surface area is 104 Å². The summed E-state index contributed by atoms with van der Waals surface area (Å²) in [6.45, 7) is 8.48. The van der Waals surface area contributed by atoms with Crippen molar-refractivity contribution in [3.8, 4) is 0 Å². The van der Waals surface area contributed by atoms with Gasteiger partial charge in [0.25, 0.3) is 0 Å². The van der Waals surface area contributed by atoms with Gasteiger partial charge in [0, 0.05) is 18.8 Å². The molecule has 0 atom stereocenters. The van der Waals surface area contributed by atoms with Gasteiger partial charge in [0.05, 0.1) is 0 Å². The zero-order chi connectivity index (χ0) is 12.5. The average molecular weight is 238 g/mol. The number of halogens is 1. The normalized spacial score (nSPS) is 10.8. The first kappa shape index (κ1) is 14.0. The van der Waals surface area contributed by atoms with Gasteiger partial charge in [-0.1, -0.05) is 26.3 Å². The molecule has 0 saturated heterocycles. The molecule has 0 heterocycles. The Morgan fingerprint density at radius 2 is 2.06 bits per heavy atom. The van der Waals surface area contributed by atoms with E-state index in [1.807, 2.05) is 6.07 Å². The molecule has 0 aliphatic heterocycles. The van der Waals surface area contributed by atoms with Crippen molar-refractivity contribution in [1.82, 2.24) is 4.90 Å². The third kappa shape index (κ3) is 5.68. The van der Waals surface area contributed by atoms with Crippen LogP contribution in [-0.4, -0.2) is 31.1 Å². The van der Waals surface area contributed by atoms with Crippen molar-refractivity contribution in [2.75, 3.05) is 31.5 Å². The molecule has 1 N–H and O–H groups in total. The van der Waals surface area contributed by atoms with E-state index >= 15 is 0 Å². The average Bonchev–Trinajstić information content (AvgIpc) is 2.33. The molecule has 0 aliphatic rings. The van der Waals surface area contributed by atoms with Crippen molar-refractivity contribution in [3.63, 3.8) is 0 Å². The molecule has 1 aromatic carbocycles. The van der Waals surface area contributed by atoms with Crippen LogP contribution in [0.2, 0.25) is 0 Å². The van der Waals surface area contributed by atoms with Gasteiger partial charge in [0.1, 0.15) is 5.82 Å². The molecule has 0 unspecified atom stereocenters. The molecule has 0 spiro atoms. The number of unbranched alkanes of at least 4 members (excludes halogenated alkanes) is 1. The second-order valence-corrected chi connectivity index (χ2v) is 4.22. The van der Waals surface area contributed by atoms with Gasteiger partial charge in [-0.3, -0.25) is 0 Å². The van der Waals surface area contributed by atoms with Crippen molar-refractivity contribution in [1.29, 1.82) is 0 Å². The highest BCUT2D eigenvalue weighted by Crippen LogP contribution is 2.08. The van der Waals surface area contributed by atoms with Gasteiger partial charge < -0.3 is 10.2 Å². The lowest BCUT2D eigenvalue weighted by molar-refractivity contribution is 0.294. The summed E-state index contributed by atoms with van der Waals surface area (Å²) in [6, 6.07) is 6.62. The van der Waals surface area contributed by atoms with Crippen LogP contribution >= 0.6 is 0 Å². The van der Waals surface area contributed by atoms with Gasteiger partial charge in [-0.05, 0) is 37.7 Å². The van der Waals surface area contributed by atoms with E-state index in [0.29, 0.717) is 0 Å². The van der Waals surface area contributed by atoms with Gasteiger partial charge in [-0.25, -0.2) is 4.39 Å². The third-order valence-electron chi connectivity index (χ3n) is 2.86. The number of anilines is 1. The number of rotatable bonds is 8. The largest absolute Gasteiger partial charge is 0.384 e. The van der Waals surface area contributed by atoms with E-state index in [4.69, 9.17) is 0 Å². The van der Waals surface area contributed by atoms with Crippen molar-refractivity contribution < 1.29 is 4.39 Å². The molecule has 1 rings (SSSR count). The number of nitrogens with zero attached hydrogens (tertiary/aromatic N) is 1. The van der Waals surface area contributed by atoms with E-state index < -0.39 is 0 Å². The Morgan fingerprint density at radius 1 is 1.24 bits per heavy atom. The lowest BCUT2D eigenvalue weighted by Crippen LogP contribution is -2.29. The molecule has 0 aliphatic carbocycles.